The fourth-order valence-corrected chi connectivity index (χ4v) is 1.99. The standard InChI is InChI=1S/C12H13ClN4O/c1-6-4-5-14-11(13)10(6)15-12(18)9-7(2)16-17-8(9)3/h4-5H,1-3H3,(H,15,18)(H,16,17). The first kappa shape index (κ1) is 12.6. The molecular formula is C12H13ClN4O. The van der Waals surface area contributed by atoms with E-state index in [9.17, 15) is 4.79 Å². The number of H-pyrrole nitrogens is 1. The number of carbonyl (C=O) groups excluding carboxylic acids is 1. The van der Waals surface area contributed by atoms with E-state index in [2.05, 4.69) is 20.5 Å². The van der Waals surface area contributed by atoms with Crippen molar-refractivity contribution in [1.29, 1.82) is 0 Å². The number of aromatic amines is 1. The molecule has 0 spiro atoms. The summed E-state index contributed by atoms with van der Waals surface area (Å²) in [5, 5.41) is 9.81. The zero-order valence-electron chi connectivity index (χ0n) is 10.3. The molecule has 18 heavy (non-hydrogen) atoms. The molecule has 0 bridgehead atoms. The number of rotatable bonds is 2. The van der Waals surface area contributed by atoms with Gasteiger partial charge in [-0.05, 0) is 32.4 Å². The van der Waals surface area contributed by atoms with Crippen molar-refractivity contribution >= 4 is 23.2 Å². The average molecular weight is 265 g/mol. The Morgan fingerprint density at radius 3 is 2.67 bits per heavy atom. The highest BCUT2D eigenvalue weighted by Gasteiger charge is 2.17. The molecule has 0 aliphatic rings. The normalized spacial score (nSPS) is 10.4. The number of pyridine rings is 1. The van der Waals surface area contributed by atoms with Crippen LogP contribution in [0.1, 0.15) is 27.3 Å². The summed E-state index contributed by atoms with van der Waals surface area (Å²) in [6.45, 7) is 5.43. The van der Waals surface area contributed by atoms with Gasteiger partial charge in [-0.15, -0.1) is 0 Å². The Bertz CT molecular complexity index is 566. The van der Waals surface area contributed by atoms with E-state index in [1.54, 1.807) is 26.1 Å². The van der Waals surface area contributed by atoms with E-state index in [0.29, 0.717) is 16.9 Å². The number of halogens is 1. The fraction of sp³-hybridized carbons (Fsp3) is 0.250. The molecule has 0 aromatic carbocycles. The third-order valence-electron chi connectivity index (χ3n) is 2.71. The first-order valence-electron chi connectivity index (χ1n) is 5.44. The molecule has 2 N–H and O–H groups in total. The molecule has 1 amide bonds. The topological polar surface area (TPSA) is 70.7 Å². The number of nitrogens with zero attached hydrogens (tertiary/aromatic N) is 2. The lowest BCUT2D eigenvalue weighted by Crippen LogP contribution is -2.15. The third-order valence-corrected chi connectivity index (χ3v) is 2.99. The number of carbonyl (C=O) groups is 1. The molecule has 94 valence electrons. The predicted molar refractivity (Wildman–Crippen MR) is 70.0 cm³/mol. The van der Waals surface area contributed by atoms with E-state index >= 15 is 0 Å². The van der Waals surface area contributed by atoms with Gasteiger partial charge in [0.2, 0.25) is 0 Å². The molecular weight excluding hydrogens is 252 g/mol. The maximum Gasteiger partial charge on any atom is 0.259 e. The van der Waals surface area contributed by atoms with Crippen molar-refractivity contribution in [2.45, 2.75) is 20.8 Å². The Morgan fingerprint density at radius 2 is 2.11 bits per heavy atom. The van der Waals surface area contributed by atoms with E-state index in [1.165, 1.54) is 0 Å². The quantitative estimate of drug-likeness (QED) is 0.819. The van der Waals surface area contributed by atoms with Gasteiger partial charge in [-0.3, -0.25) is 9.89 Å². The molecule has 2 aromatic heterocycles. The van der Waals surface area contributed by atoms with Crippen molar-refractivity contribution in [2.75, 3.05) is 5.32 Å². The molecule has 2 aromatic rings. The highest BCUT2D eigenvalue weighted by Crippen LogP contribution is 2.24. The molecule has 0 saturated heterocycles. The summed E-state index contributed by atoms with van der Waals surface area (Å²) in [6, 6.07) is 1.79. The maximum atomic E-state index is 12.2. The van der Waals surface area contributed by atoms with Gasteiger partial charge in [-0.2, -0.15) is 5.10 Å². The second kappa shape index (κ2) is 4.78. The Hall–Kier alpha value is -1.88. The van der Waals surface area contributed by atoms with Gasteiger partial charge in [0.25, 0.3) is 5.91 Å². The molecule has 6 heteroatoms. The monoisotopic (exact) mass is 264 g/mol. The van der Waals surface area contributed by atoms with E-state index in [-0.39, 0.29) is 11.1 Å². The van der Waals surface area contributed by atoms with Crippen LogP contribution < -0.4 is 5.32 Å². The second-order valence-electron chi connectivity index (χ2n) is 4.06. The van der Waals surface area contributed by atoms with Crippen molar-refractivity contribution in [3.8, 4) is 0 Å². The number of amides is 1. The minimum atomic E-state index is -0.239. The largest absolute Gasteiger partial charge is 0.319 e. The summed E-state index contributed by atoms with van der Waals surface area (Å²) < 4.78 is 0. The summed E-state index contributed by atoms with van der Waals surface area (Å²) >= 11 is 5.97. The molecule has 0 fully saturated rings. The van der Waals surface area contributed by atoms with Crippen LogP contribution in [0, 0.1) is 20.8 Å². The Labute approximate surface area is 110 Å². The number of hydrogen-bond donors (Lipinski definition) is 2. The lowest BCUT2D eigenvalue weighted by molar-refractivity contribution is 0.102. The van der Waals surface area contributed by atoms with E-state index in [1.807, 2.05) is 6.92 Å². The average Bonchev–Trinajstić information content (AvgIpc) is 2.64. The summed E-state index contributed by atoms with van der Waals surface area (Å²) in [4.78, 5) is 16.1. The molecule has 0 atom stereocenters. The zero-order valence-corrected chi connectivity index (χ0v) is 11.1. The number of aromatic nitrogens is 3. The van der Waals surface area contributed by atoms with Gasteiger partial charge < -0.3 is 5.32 Å². The first-order valence-corrected chi connectivity index (χ1v) is 5.82. The molecule has 0 aliphatic heterocycles. The summed E-state index contributed by atoms with van der Waals surface area (Å²) in [6.07, 6.45) is 1.60. The highest BCUT2D eigenvalue weighted by molar-refractivity contribution is 6.32. The van der Waals surface area contributed by atoms with Gasteiger partial charge in [0.1, 0.15) is 0 Å². The van der Waals surface area contributed by atoms with Crippen molar-refractivity contribution in [3.63, 3.8) is 0 Å². The van der Waals surface area contributed by atoms with E-state index in [0.717, 1.165) is 11.3 Å². The lowest BCUT2D eigenvalue weighted by atomic mass is 10.1. The Kier molecular flexibility index (Phi) is 3.34. The van der Waals surface area contributed by atoms with Crippen molar-refractivity contribution in [3.05, 3.63) is 39.9 Å². The van der Waals surface area contributed by atoms with Crippen LogP contribution in [0.25, 0.3) is 0 Å². The van der Waals surface area contributed by atoms with Crippen LogP contribution in [0.15, 0.2) is 12.3 Å². The molecule has 2 rings (SSSR count). The zero-order chi connectivity index (χ0) is 13.3. The van der Waals surface area contributed by atoms with E-state index in [4.69, 9.17) is 11.6 Å². The molecule has 2 heterocycles. The van der Waals surface area contributed by atoms with Crippen LogP contribution in [-0.4, -0.2) is 21.1 Å². The molecule has 0 saturated carbocycles. The van der Waals surface area contributed by atoms with Gasteiger partial charge in [0, 0.05) is 11.9 Å². The van der Waals surface area contributed by atoms with Crippen molar-refractivity contribution in [2.24, 2.45) is 0 Å². The van der Waals surface area contributed by atoms with Crippen LogP contribution >= 0.6 is 11.6 Å². The fourth-order valence-electron chi connectivity index (χ4n) is 1.74. The smallest absolute Gasteiger partial charge is 0.259 e. The number of aryl methyl sites for hydroxylation is 3. The second-order valence-corrected chi connectivity index (χ2v) is 4.41. The summed E-state index contributed by atoms with van der Waals surface area (Å²) in [5.41, 5.74) is 3.31. The van der Waals surface area contributed by atoms with Crippen molar-refractivity contribution in [1.82, 2.24) is 15.2 Å². The lowest BCUT2D eigenvalue weighted by Gasteiger charge is -2.09. The van der Waals surface area contributed by atoms with Gasteiger partial charge in [0.15, 0.2) is 5.15 Å². The van der Waals surface area contributed by atoms with Gasteiger partial charge in [0.05, 0.1) is 16.9 Å². The van der Waals surface area contributed by atoms with Crippen LogP contribution in [0.5, 0.6) is 0 Å². The van der Waals surface area contributed by atoms with Crippen molar-refractivity contribution < 1.29 is 4.79 Å². The first-order chi connectivity index (χ1) is 8.50. The Balaban J connectivity index is 2.33. The number of nitrogens with one attached hydrogen (secondary N) is 2. The minimum absolute atomic E-state index is 0.239. The predicted octanol–water partition coefficient (Wildman–Crippen LogP) is 2.64. The van der Waals surface area contributed by atoms with Crippen LogP contribution in [0.4, 0.5) is 5.69 Å². The van der Waals surface area contributed by atoms with Crippen LogP contribution in [0.3, 0.4) is 0 Å². The Morgan fingerprint density at radius 1 is 1.39 bits per heavy atom. The van der Waals surface area contributed by atoms with E-state index < -0.39 is 0 Å². The summed E-state index contributed by atoms with van der Waals surface area (Å²) in [5.74, 6) is -0.239. The van der Waals surface area contributed by atoms with Gasteiger partial charge in [-0.1, -0.05) is 11.6 Å². The molecule has 0 aliphatic carbocycles. The highest BCUT2D eigenvalue weighted by atomic mass is 35.5. The summed E-state index contributed by atoms with van der Waals surface area (Å²) in [7, 11) is 0. The molecule has 5 nitrogen and oxygen atoms in total. The SMILES string of the molecule is Cc1ccnc(Cl)c1NC(=O)c1c(C)n[nH]c1C. The third kappa shape index (κ3) is 2.22. The number of hydrogen-bond acceptors (Lipinski definition) is 3. The van der Waals surface area contributed by atoms with Crippen LogP contribution in [-0.2, 0) is 0 Å². The minimum Gasteiger partial charge on any atom is -0.319 e. The number of anilines is 1. The molecule has 0 unspecified atom stereocenters. The van der Waals surface area contributed by atoms with Crippen LogP contribution in [0.2, 0.25) is 5.15 Å². The van der Waals surface area contributed by atoms with Gasteiger partial charge >= 0.3 is 0 Å². The van der Waals surface area contributed by atoms with Gasteiger partial charge in [-0.25, -0.2) is 4.98 Å². The molecule has 0 radical (unpaired) electrons. The maximum absolute atomic E-state index is 12.2.